The molecule has 0 saturated heterocycles. The van der Waals surface area contributed by atoms with Crippen LogP contribution in [0.25, 0.3) is 6.08 Å². The van der Waals surface area contributed by atoms with E-state index in [1.807, 2.05) is 30.3 Å². The largest absolute Gasteiger partial charge is 0.497 e. The Morgan fingerprint density at radius 2 is 1.72 bits per heavy atom. The van der Waals surface area contributed by atoms with Crippen molar-refractivity contribution in [3.8, 4) is 17.2 Å². The molecule has 29 heavy (non-hydrogen) atoms. The molecule has 0 saturated carbocycles. The quantitative estimate of drug-likeness (QED) is 0.347. The van der Waals surface area contributed by atoms with Crippen molar-refractivity contribution in [2.45, 2.75) is 6.61 Å². The smallest absolute Gasteiger partial charge is 0.185 e. The summed E-state index contributed by atoms with van der Waals surface area (Å²) in [6.45, 7) is 0.330. The van der Waals surface area contributed by atoms with Gasteiger partial charge in [0.05, 0.1) is 14.2 Å². The van der Waals surface area contributed by atoms with Crippen LogP contribution in [0.2, 0.25) is 5.02 Å². The number of methoxy groups -OCH3 is 2. The highest BCUT2D eigenvalue weighted by atomic mass is 35.5. The molecule has 3 rings (SSSR count). The standard InChI is InChI=1S/C24H21ClO4/c1-27-22-5-3-4-18(15-22)23(26)12-6-17-7-13-24(28-2)19(14-17)16-29-21-10-8-20(25)9-11-21/h3-15H,16H2,1-2H3/b12-6+. The second-order valence-corrected chi connectivity index (χ2v) is 6.68. The van der Waals surface area contributed by atoms with Gasteiger partial charge in [-0.25, -0.2) is 0 Å². The topological polar surface area (TPSA) is 44.8 Å². The Morgan fingerprint density at radius 1 is 0.931 bits per heavy atom. The van der Waals surface area contributed by atoms with E-state index < -0.39 is 0 Å². The summed E-state index contributed by atoms with van der Waals surface area (Å²) in [5.74, 6) is 1.98. The van der Waals surface area contributed by atoms with Crippen LogP contribution in [0.3, 0.4) is 0 Å². The van der Waals surface area contributed by atoms with Crippen LogP contribution in [0.5, 0.6) is 17.2 Å². The van der Waals surface area contributed by atoms with E-state index in [-0.39, 0.29) is 5.78 Å². The van der Waals surface area contributed by atoms with Crippen molar-refractivity contribution >= 4 is 23.5 Å². The van der Waals surface area contributed by atoms with Crippen molar-refractivity contribution in [1.29, 1.82) is 0 Å². The van der Waals surface area contributed by atoms with Gasteiger partial charge >= 0.3 is 0 Å². The molecule has 0 N–H and O–H groups in total. The van der Waals surface area contributed by atoms with Gasteiger partial charge in [0.15, 0.2) is 5.78 Å². The van der Waals surface area contributed by atoms with E-state index in [4.69, 9.17) is 25.8 Å². The average molecular weight is 409 g/mol. The maximum absolute atomic E-state index is 12.4. The summed E-state index contributed by atoms with van der Waals surface area (Å²) in [4.78, 5) is 12.4. The highest BCUT2D eigenvalue weighted by Crippen LogP contribution is 2.24. The summed E-state index contributed by atoms with van der Waals surface area (Å²) in [5, 5.41) is 0.655. The Labute approximate surface area is 175 Å². The molecule has 5 heteroatoms. The fraction of sp³-hybridized carbons (Fsp3) is 0.125. The van der Waals surface area contributed by atoms with Gasteiger partial charge in [0.2, 0.25) is 0 Å². The van der Waals surface area contributed by atoms with Crippen LogP contribution >= 0.6 is 11.6 Å². The molecule has 0 amide bonds. The van der Waals surface area contributed by atoms with Crippen LogP contribution in [-0.4, -0.2) is 20.0 Å². The normalized spacial score (nSPS) is 10.7. The van der Waals surface area contributed by atoms with Gasteiger partial charge in [-0.15, -0.1) is 0 Å². The van der Waals surface area contributed by atoms with Crippen molar-refractivity contribution in [3.05, 3.63) is 94.5 Å². The van der Waals surface area contributed by atoms with E-state index >= 15 is 0 Å². The SMILES string of the molecule is COc1cccc(C(=O)/C=C/c2ccc(OC)c(COc3ccc(Cl)cc3)c2)c1. The lowest BCUT2D eigenvalue weighted by Gasteiger charge is -2.11. The second-order valence-electron chi connectivity index (χ2n) is 6.24. The number of ether oxygens (including phenoxy) is 3. The number of rotatable bonds is 8. The molecule has 0 radical (unpaired) electrons. The second kappa shape index (κ2) is 9.80. The molecule has 0 aliphatic rings. The molecule has 0 atom stereocenters. The fourth-order valence-corrected chi connectivity index (χ4v) is 2.88. The molecule has 3 aromatic carbocycles. The predicted octanol–water partition coefficient (Wildman–Crippen LogP) is 5.83. The van der Waals surface area contributed by atoms with Gasteiger partial charge in [0.25, 0.3) is 0 Å². The summed E-state index contributed by atoms with van der Waals surface area (Å²) >= 11 is 5.90. The zero-order chi connectivity index (χ0) is 20.6. The lowest BCUT2D eigenvalue weighted by Crippen LogP contribution is -1.99. The van der Waals surface area contributed by atoms with Crippen LogP contribution in [0.4, 0.5) is 0 Å². The van der Waals surface area contributed by atoms with Gasteiger partial charge in [0, 0.05) is 16.1 Å². The van der Waals surface area contributed by atoms with Crippen LogP contribution < -0.4 is 14.2 Å². The van der Waals surface area contributed by atoms with Crippen LogP contribution in [0, 0.1) is 0 Å². The van der Waals surface area contributed by atoms with Crippen LogP contribution in [0.15, 0.2) is 72.8 Å². The third-order valence-corrected chi connectivity index (χ3v) is 4.55. The molecule has 0 aliphatic carbocycles. The Kier molecular flexibility index (Phi) is 6.93. The maximum atomic E-state index is 12.4. The first kappa shape index (κ1) is 20.5. The van der Waals surface area contributed by atoms with Gasteiger partial charge in [-0.3, -0.25) is 4.79 Å². The molecular weight excluding hydrogens is 388 g/mol. The van der Waals surface area contributed by atoms with Crippen molar-refractivity contribution in [2.24, 2.45) is 0 Å². The number of benzene rings is 3. The summed E-state index contributed by atoms with van der Waals surface area (Å²) in [7, 11) is 3.19. The molecule has 0 heterocycles. The minimum absolute atomic E-state index is 0.0984. The number of hydrogen-bond acceptors (Lipinski definition) is 4. The zero-order valence-corrected chi connectivity index (χ0v) is 17.0. The molecule has 0 fully saturated rings. The Hall–Kier alpha value is -3.24. The number of carbonyl (C=O) groups excluding carboxylic acids is 1. The summed E-state index contributed by atoms with van der Waals surface area (Å²) in [6, 6.07) is 19.9. The van der Waals surface area contributed by atoms with E-state index in [1.165, 1.54) is 0 Å². The highest BCUT2D eigenvalue weighted by Gasteiger charge is 2.07. The van der Waals surface area contributed by atoms with E-state index in [0.717, 1.165) is 16.9 Å². The number of halogens is 1. The summed E-state index contributed by atoms with van der Waals surface area (Å²) in [5.41, 5.74) is 2.32. The van der Waals surface area contributed by atoms with Gasteiger partial charge in [-0.1, -0.05) is 35.9 Å². The van der Waals surface area contributed by atoms with E-state index in [0.29, 0.717) is 28.7 Å². The molecular formula is C24H21ClO4. The fourth-order valence-electron chi connectivity index (χ4n) is 2.75. The molecule has 0 spiro atoms. The van der Waals surface area contributed by atoms with Gasteiger partial charge in [-0.05, 0) is 60.2 Å². The number of carbonyl (C=O) groups is 1. The van der Waals surface area contributed by atoms with Gasteiger partial charge < -0.3 is 14.2 Å². The Bertz CT molecular complexity index is 1010. The Balaban J connectivity index is 1.74. The lowest BCUT2D eigenvalue weighted by atomic mass is 10.1. The van der Waals surface area contributed by atoms with Crippen LogP contribution in [-0.2, 0) is 6.61 Å². The van der Waals surface area contributed by atoms with Crippen molar-refractivity contribution in [3.63, 3.8) is 0 Å². The number of allylic oxidation sites excluding steroid dienone is 1. The van der Waals surface area contributed by atoms with E-state index in [2.05, 4.69) is 0 Å². The van der Waals surface area contributed by atoms with E-state index in [9.17, 15) is 4.79 Å². The summed E-state index contributed by atoms with van der Waals surface area (Å²) < 4.78 is 16.4. The first-order valence-corrected chi connectivity index (χ1v) is 9.38. The van der Waals surface area contributed by atoms with Crippen molar-refractivity contribution in [2.75, 3.05) is 14.2 Å². The Morgan fingerprint density at radius 3 is 2.45 bits per heavy atom. The van der Waals surface area contributed by atoms with E-state index in [1.54, 1.807) is 62.8 Å². The minimum Gasteiger partial charge on any atom is -0.497 e. The van der Waals surface area contributed by atoms with Crippen LogP contribution in [0.1, 0.15) is 21.5 Å². The lowest BCUT2D eigenvalue weighted by molar-refractivity contribution is 0.104. The summed E-state index contributed by atoms with van der Waals surface area (Å²) in [6.07, 6.45) is 3.31. The highest BCUT2D eigenvalue weighted by molar-refractivity contribution is 6.30. The molecule has 0 unspecified atom stereocenters. The number of ketones is 1. The monoisotopic (exact) mass is 408 g/mol. The molecule has 148 valence electrons. The minimum atomic E-state index is -0.0984. The van der Waals surface area contributed by atoms with Crippen molar-refractivity contribution < 1.29 is 19.0 Å². The third-order valence-electron chi connectivity index (χ3n) is 4.29. The molecule has 3 aromatic rings. The molecule has 0 aromatic heterocycles. The van der Waals surface area contributed by atoms with Gasteiger partial charge in [0.1, 0.15) is 23.9 Å². The first-order valence-electron chi connectivity index (χ1n) is 9.01. The maximum Gasteiger partial charge on any atom is 0.185 e. The van der Waals surface area contributed by atoms with Crippen molar-refractivity contribution in [1.82, 2.24) is 0 Å². The first-order chi connectivity index (χ1) is 14.1. The molecule has 0 bridgehead atoms. The zero-order valence-electron chi connectivity index (χ0n) is 16.2. The number of hydrogen-bond donors (Lipinski definition) is 0. The molecule has 4 nitrogen and oxygen atoms in total. The molecule has 0 aliphatic heterocycles. The average Bonchev–Trinajstić information content (AvgIpc) is 2.77. The van der Waals surface area contributed by atoms with Gasteiger partial charge in [-0.2, -0.15) is 0 Å². The third kappa shape index (κ3) is 5.62. The predicted molar refractivity (Wildman–Crippen MR) is 115 cm³/mol.